The van der Waals surface area contributed by atoms with Gasteiger partial charge in [0, 0.05) is 26.2 Å². The molecule has 2 rings (SSSR count). The molecule has 1 saturated heterocycles. The predicted octanol–water partition coefficient (Wildman–Crippen LogP) is 1.57. The third-order valence-electron chi connectivity index (χ3n) is 2.57. The zero-order chi connectivity index (χ0) is 10.7. The molecule has 15 heavy (non-hydrogen) atoms. The van der Waals surface area contributed by atoms with Crippen LogP contribution in [0.1, 0.15) is 0 Å². The molecule has 0 amide bonds. The summed E-state index contributed by atoms with van der Waals surface area (Å²) in [6, 6.07) is 4.82. The fourth-order valence-corrected chi connectivity index (χ4v) is 1.75. The standard InChI is InChI=1S/C11H14FN3/c1-13-9-2-3-10(12)11(8-9)15-6-4-14-5-7-15/h2-3,8,14H,1,4-7H2. The summed E-state index contributed by atoms with van der Waals surface area (Å²) in [5, 5.41) is 3.23. The number of aliphatic imine (C=N–C) groups is 1. The molecule has 1 aromatic carbocycles. The lowest BCUT2D eigenvalue weighted by Crippen LogP contribution is -2.43. The monoisotopic (exact) mass is 207 g/mol. The highest BCUT2D eigenvalue weighted by molar-refractivity contribution is 5.58. The average molecular weight is 207 g/mol. The van der Waals surface area contributed by atoms with Crippen LogP contribution in [0.5, 0.6) is 0 Å². The molecule has 3 nitrogen and oxygen atoms in total. The molecule has 1 heterocycles. The minimum absolute atomic E-state index is 0.190. The molecule has 0 atom stereocenters. The largest absolute Gasteiger partial charge is 0.367 e. The zero-order valence-corrected chi connectivity index (χ0v) is 8.54. The van der Waals surface area contributed by atoms with E-state index >= 15 is 0 Å². The van der Waals surface area contributed by atoms with Crippen molar-refractivity contribution >= 4 is 18.1 Å². The normalized spacial score (nSPS) is 16.5. The molecule has 1 aliphatic heterocycles. The van der Waals surface area contributed by atoms with Gasteiger partial charge in [0.2, 0.25) is 0 Å². The van der Waals surface area contributed by atoms with E-state index in [1.165, 1.54) is 6.07 Å². The molecular weight excluding hydrogens is 193 g/mol. The Hall–Kier alpha value is -1.42. The van der Waals surface area contributed by atoms with Crippen molar-refractivity contribution in [2.24, 2.45) is 4.99 Å². The van der Waals surface area contributed by atoms with Gasteiger partial charge in [-0.25, -0.2) is 4.39 Å². The minimum Gasteiger partial charge on any atom is -0.367 e. The summed E-state index contributed by atoms with van der Waals surface area (Å²) in [5.41, 5.74) is 1.34. The lowest BCUT2D eigenvalue weighted by atomic mass is 10.2. The Morgan fingerprint density at radius 2 is 2.07 bits per heavy atom. The maximum absolute atomic E-state index is 13.6. The van der Waals surface area contributed by atoms with Crippen molar-refractivity contribution < 1.29 is 4.39 Å². The van der Waals surface area contributed by atoms with Crippen molar-refractivity contribution in [1.82, 2.24) is 5.32 Å². The van der Waals surface area contributed by atoms with Crippen molar-refractivity contribution in [3.8, 4) is 0 Å². The summed E-state index contributed by atoms with van der Waals surface area (Å²) in [6.45, 7) is 6.89. The average Bonchev–Trinajstić information content (AvgIpc) is 2.31. The first-order chi connectivity index (χ1) is 7.31. The molecule has 0 spiro atoms. The van der Waals surface area contributed by atoms with Crippen molar-refractivity contribution in [3.05, 3.63) is 24.0 Å². The molecule has 0 unspecified atom stereocenters. The molecule has 1 N–H and O–H groups in total. The SMILES string of the molecule is C=Nc1ccc(F)c(N2CCNCC2)c1. The second-order valence-electron chi connectivity index (χ2n) is 3.53. The van der Waals surface area contributed by atoms with Gasteiger partial charge in [0.15, 0.2) is 0 Å². The van der Waals surface area contributed by atoms with E-state index in [-0.39, 0.29) is 5.82 Å². The molecule has 0 saturated carbocycles. The van der Waals surface area contributed by atoms with E-state index < -0.39 is 0 Å². The molecule has 0 bridgehead atoms. The quantitative estimate of drug-likeness (QED) is 0.745. The molecule has 1 fully saturated rings. The molecule has 0 radical (unpaired) electrons. The van der Waals surface area contributed by atoms with Crippen molar-refractivity contribution in [2.45, 2.75) is 0 Å². The van der Waals surface area contributed by atoms with Gasteiger partial charge in [-0.2, -0.15) is 0 Å². The number of anilines is 1. The predicted molar refractivity (Wildman–Crippen MR) is 60.7 cm³/mol. The molecule has 1 aromatic rings. The lowest BCUT2D eigenvalue weighted by Gasteiger charge is -2.29. The van der Waals surface area contributed by atoms with E-state index in [1.54, 1.807) is 12.1 Å². The van der Waals surface area contributed by atoms with Gasteiger partial charge in [0.1, 0.15) is 5.82 Å². The molecular formula is C11H14FN3. The fraction of sp³-hybridized carbons (Fsp3) is 0.364. The number of benzene rings is 1. The summed E-state index contributed by atoms with van der Waals surface area (Å²) >= 11 is 0. The highest BCUT2D eigenvalue weighted by Crippen LogP contribution is 2.25. The molecule has 1 aliphatic rings. The summed E-state index contributed by atoms with van der Waals surface area (Å²) < 4.78 is 13.6. The molecule has 0 aromatic heterocycles. The van der Waals surface area contributed by atoms with Crippen LogP contribution in [0.2, 0.25) is 0 Å². The smallest absolute Gasteiger partial charge is 0.146 e. The Bertz CT molecular complexity index is 359. The Morgan fingerprint density at radius 3 is 2.73 bits per heavy atom. The van der Waals surface area contributed by atoms with Gasteiger partial charge in [-0.05, 0) is 24.9 Å². The van der Waals surface area contributed by atoms with Crippen molar-refractivity contribution in [3.63, 3.8) is 0 Å². The fourth-order valence-electron chi connectivity index (χ4n) is 1.75. The maximum atomic E-state index is 13.6. The van der Waals surface area contributed by atoms with Gasteiger partial charge in [0.05, 0.1) is 11.4 Å². The summed E-state index contributed by atoms with van der Waals surface area (Å²) in [7, 11) is 0. The van der Waals surface area contributed by atoms with Crippen LogP contribution in [0.4, 0.5) is 15.8 Å². The number of nitrogens with one attached hydrogen (secondary N) is 1. The first-order valence-corrected chi connectivity index (χ1v) is 5.03. The summed E-state index contributed by atoms with van der Waals surface area (Å²) in [4.78, 5) is 5.84. The maximum Gasteiger partial charge on any atom is 0.146 e. The van der Waals surface area contributed by atoms with Gasteiger partial charge >= 0.3 is 0 Å². The summed E-state index contributed by atoms with van der Waals surface area (Å²) in [5.74, 6) is -0.190. The third kappa shape index (κ3) is 2.15. The van der Waals surface area contributed by atoms with Gasteiger partial charge < -0.3 is 10.2 Å². The lowest BCUT2D eigenvalue weighted by molar-refractivity contribution is 0.566. The second kappa shape index (κ2) is 4.40. The van der Waals surface area contributed by atoms with Crippen LogP contribution >= 0.6 is 0 Å². The first kappa shape index (κ1) is 10.1. The van der Waals surface area contributed by atoms with Gasteiger partial charge in [-0.3, -0.25) is 4.99 Å². The second-order valence-corrected chi connectivity index (χ2v) is 3.53. The van der Waals surface area contributed by atoms with E-state index in [0.29, 0.717) is 11.4 Å². The number of hydrogen-bond donors (Lipinski definition) is 1. The number of rotatable bonds is 2. The Kier molecular flexibility index (Phi) is 2.97. The van der Waals surface area contributed by atoms with Crippen LogP contribution in [0.25, 0.3) is 0 Å². The van der Waals surface area contributed by atoms with E-state index in [1.807, 2.05) is 4.90 Å². The highest BCUT2D eigenvalue weighted by atomic mass is 19.1. The van der Waals surface area contributed by atoms with Crippen LogP contribution < -0.4 is 10.2 Å². The number of nitrogens with zero attached hydrogens (tertiary/aromatic N) is 2. The van der Waals surface area contributed by atoms with Crippen LogP contribution in [0.15, 0.2) is 23.2 Å². The van der Waals surface area contributed by atoms with E-state index in [2.05, 4.69) is 17.0 Å². The number of hydrogen-bond acceptors (Lipinski definition) is 3. The molecule has 4 heteroatoms. The van der Waals surface area contributed by atoms with Crippen molar-refractivity contribution in [1.29, 1.82) is 0 Å². The molecule has 80 valence electrons. The van der Waals surface area contributed by atoms with Crippen LogP contribution in [-0.2, 0) is 0 Å². The molecule has 0 aliphatic carbocycles. The number of halogens is 1. The first-order valence-electron chi connectivity index (χ1n) is 5.03. The van der Waals surface area contributed by atoms with Gasteiger partial charge in [-0.1, -0.05) is 0 Å². The van der Waals surface area contributed by atoms with E-state index in [4.69, 9.17) is 0 Å². The third-order valence-corrected chi connectivity index (χ3v) is 2.57. The van der Waals surface area contributed by atoms with Crippen LogP contribution in [-0.4, -0.2) is 32.9 Å². The Balaban J connectivity index is 2.28. The van der Waals surface area contributed by atoms with Crippen LogP contribution in [0.3, 0.4) is 0 Å². The Morgan fingerprint density at radius 1 is 1.33 bits per heavy atom. The minimum atomic E-state index is -0.190. The van der Waals surface area contributed by atoms with Gasteiger partial charge in [-0.15, -0.1) is 0 Å². The van der Waals surface area contributed by atoms with Crippen molar-refractivity contribution in [2.75, 3.05) is 31.1 Å². The van der Waals surface area contributed by atoms with E-state index in [0.717, 1.165) is 26.2 Å². The van der Waals surface area contributed by atoms with E-state index in [9.17, 15) is 4.39 Å². The summed E-state index contributed by atoms with van der Waals surface area (Å²) in [6.07, 6.45) is 0. The van der Waals surface area contributed by atoms with Crippen LogP contribution in [0, 0.1) is 5.82 Å². The Labute approximate surface area is 88.6 Å². The number of piperazine rings is 1. The van der Waals surface area contributed by atoms with Gasteiger partial charge in [0.25, 0.3) is 0 Å². The highest BCUT2D eigenvalue weighted by Gasteiger charge is 2.14. The topological polar surface area (TPSA) is 27.6 Å². The zero-order valence-electron chi connectivity index (χ0n) is 8.54.